The van der Waals surface area contributed by atoms with Crippen LogP contribution in [-0.4, -0.2) is 44.7 Å². The average molecular weight is 394 g/mol. The molecule has 29 heavy (non-hydrogen) atoms. The minimum absolute atomic E-state index is 0.0145. The van der Waals surface area contributed by atoms with Gasteiger partial charge in [0.2, 0.25) is 5.91 Å². The van der Waals surface area contributed by atoms with Gasteiger partial charge in [-0.05, 0) is 30.1 Å². The zero-order chi connectivity index (χ0) is 20.0. The highest BCUT2D eigenvalue weighted by Crippen LogP contribution is 2.31. The Morgan fingerprint density at radius 2 is 2.10 bits per heavy atom. The molecule has 0 aliphatic carbocycles. The lowest BCUT2D eigenvalue weighted by molar-refractivity contribution is -0.134. The number of hydrogen-bond donors (Lipinski definition) is 0. The van der Waals surface area contributed by atoms with Crippen molar-refractivity contribution >= 4 is 16.8 Å². The van der Waals surface area contributed by atoms with E-state index in [0.717, 1.165) is 24.2 Å². The molecule has 0 spiro atoms. The Hall–Kier alpha value is -3.16. The Bertz CT molecular complexity index is 1140. The SMILES string of the molecule is COc1cc(CCC(=O)N2[C@H]3CC[C@H]2Cn2c(nc4ccccc4c2=O)C3)on1. The van der Waals surface area contributed by atoms with Crippen LogP contribution in [0.2, 0.25) is 0 Å². The Morgan fingerprint density at radius 3 is 2.93 bits per heavy atom. The molecule has 1 fully saturated rings. The van der Waals surface area contributed by atoms with Crippen LogP contribution in [0.5, 0.6) is 5.88 Å². The van der Waals surface area contributed by atoms with Crippen LogP contribution in [0.4, 0.5) is 0 Å². The summed E-state index contributed by atoms with van der Waals surface area (Å²) in [7, 11) is 1.53. The number of benzene rings is 1. The first kappa shape index (κ1) is 17.9. The lowest BCUT2D eigenvalue weighted by Gasteiger charge is -2.27. The summed E-state index contributed by atoms with van der Waals surface area (Å²) in [6.45, 7) is 0.504. The lowest BCUT2D eigenvalue weighted by atomic mass is 10.1. The highest BCUT2D eigenvalue weighted by molar-refractivity contribution is 5.78. The number of aryl methyl sites for hydroxylation is 1. The number of para-hydroxylation sites is 1. The summed E-state index contributed by atoms with van der Waals surface area (Å²) >= 11 is 0. The topological polar surface area (TPSA) is 90.5 Å². The van der Waals surface area contributed by atoms with Gasteiger partial charge in [0.05, 0.1) is 24.1 Å². The molecule has 0 radical (unpaired) electrons. The molecule has 8 nitrogen and oxygen atoms in total. The normalized spacial score (nSPS) is 20.5. The number of hydrogen-bond acceptors (Lipinski definition) is 6. The molecular weight excluding hydrogens is 372 g/mol. The van der Waals surface area contributed by atoms with Crippen molar-refractivity contribution in [2.24, 2.45) is 0 Å². The summed E-state index contributed by atoms with van der Waals surface area (Å²) in [5.74, 6) is 1.90. The van der Waals surface area contributed by atoms with Crippen molar-refractivity contribution in [3.05, 3.63) is 52.3 Å². The second kappa shape index (κ2) is 7.02. The van der Waals surface area contributed by atoms with Crippen LogP contribution in [-0.2, 0) is 24.2 Å². The predicted octanol–water partition coefficient (Wildman–Crippen LogP) is 1.94. The van der Waals surface area contributed by atoms with Gasteiger partial charge in [-0.1, -0.05) is 12.1 Å². The van der Waals surface area contributed by atoms with Gasteiger partial charge in [0.1, 0.15) is 11.6 Å². The second-order valence-corrected chi connectivity index (χ2v) is 7.69. The molecule has 1 saturated heterocycles. The maximum absolute atomic E-state index is 13.1. The number of fused-ring (bicyclic) bond motifs is 4. The molecule has 2 aliphatic heterocycles. The van der Waals surface area contributed by atoms with Gasteiger partial charge in [0.25, 0.3) is 11.4 Å². The van der Waals surface area contributed by atoms with E-state index < -0.39 is 0 Å². The van der Waals surface area contributed by atoms with Crippen LogP contribution in [0.25, 0.3) is 10.9 Å². The van der Waals surface area contributed by atoms with E-state index in [4.69, 9.17) is 14.2 Å². The van der Waals surface area contributed by atoms with E-state index in [2.05, 4.69) is 5.16 Å². The number of rotatable bonds is 4. The quantitative estimate of drug-likeness (QED) is 0.672. The molecule has 0 unspecified atom stereocenters. The minimum Gasteiger partial charge on any atom is -0.479 e. The maximum atomic E-state index is 13.1. The standard InChI is InChI=1S/C21H22N4O4/c1-28-19-11-15(29-23-19)8-9-20(26)25-13-6-7-14(25)12-24-18(10-13)22-17-5-3-2-4-16(17)21(24)27/h2-5,11,13-14H,6-10,12H2,1H3/t13-,14-/m0/s1. The zero-order valence-electron chi connectivity index (χ0n) is 16.2. The number of ether oxygens (including phenoxy) is 1. The predicted molar refractivity (Wildman–Crippen MR) is 105 cm³/mol. The molecule has 4 heterocycles. The van der Waals surface area contributed by atoms with Gasteiger partial charge in [-0.2, -0.15) is 0 Å². The van der Waals surface area contributed by atoms with E-state index >= 15 is 0 Å². The number of amides is 1. The van der Waals surface area contributed by atoms with Crippen molar-refractivity contribution in [2.75, 3.05) is 7.11 Å². The third-order valence-corrected chi connectivity index (χ3v) is 5.99. The summed E-state index contributed by atoms with van der Waals surface area (Å²) in [6.07, 6.45) is 3.27. The highest BCUT2D eigenvalue weighted by Gasteiger charge is 2.40. The first-order chi connectivity index (χ1) is 14.1. The minimum atomic E-state index is -0.0145. The third-order valence-electron chi connectivity index (χ3n) is 5.99. The molecule has 5 rings (SSSR count). The van der Waals surface area contributed by atoms with E-state index in [9.17, 15) is 9.59 Å². The molecule has 1 aromatic carbocycles. The maximum Gasteiger partial charge on any atom is 0.261 e. The molecule has 0 N–H and O–H groups in total. The average Bonchev–Trinajstić information content (AvgIpc) is 3.31. The number of methoxy groups -OCH3 is 1. The van der Waals surface area contributed by atoms with Crippen LogP contribution >= 0.6 is 0 Å². The fourth-order valence-corrected chi connectivity index (χ4v) is 4.59. The fraction of sp³-hybridized carbons (Fsp3) is 0.429. The number of aromatic nitrogens is 3. The van der Waals surface area contributed by atoms with Gasteiger partial charge in [-0.25, -0.2) is 4.98 Å². The smallest absolute Gasteiger partial charge is 0.261 e. The van der Waals surface area contributed by atoms with Gasteiger partial charge in [0.15, 0.2) is 0 Å². The van der Waals surface area contributed by atoms with E-state index in [1.807, 2.05) is 29.2 Å². The van der Waals surface area contributed by atoms with Gasteiger partial charge in [-0.3, -0.25) is 14.2 Å². The van der Waals surface area contributed by atoms with E-state index in [1.165, 1.54) is 7.11 Å². The number of carbonyl (C=O) groups is 1. The van der Waals surface area contributed by atoms with Crippen molar-refractivity contribution in [2.45, 2.75) is 50.7 Å². The summed E-state index contributed by atoms with van der Waals surface area (Å²) in [4.78, 5) is 32.8. The first-order valence-corrected chi connectivity index (χ1v) is 9.93. The largest absolute Gasteiger partial charge is 0.479 e. The van der Waals surface area contributed by atoms with Crippen molar-refractivity contribution in [3.8, 4) is 5.88 Å². The molecular formula is C21H22N4O4. The van der Waals surface area contributed by atoms with Crippen LogP contribution in [0.1, 0.15) is 30.8 Å². The molecule has 8 heteroatoms. The summed E-state index contributed by atoms with van der Waals surface area (Å²) in [5.41, 5.74) is 0.706. The van der Waals surface area contributed by atoms with Crippen molar-refractivity contribution in [1.82, 2.24) is 19.6 Å². The van der Waals surface area contributed by atoms with Crippen LogP contribution in [0.15, 0.2) is 39.6 Å². The molecule has 3 aromatic rings. The van der Waals surface area contributed by atoms with E-state index in [1.54, 1.807) is 10.6 Å². The summed E-state index contributed by atoms with van der Waals surface area (Å²) in [5, 5.41) is 4.41. The first-order valence-electron chi connectivity index (χ1n) is 9.93. The number of carbonyl (C=O) groups excluding carboxylic acids is 1. The fourth-order valence-electron chi connectivity index (χ4n) is 4.59. The Morgan fingerprint density at radius 1 is 1.28 bits per heavy atom. The zero-order valence-corrected chi connectivity index (χ0v) is 16.2. The Labute approximate surface area is 167 Å². The third kappa shape index (κ3) is 3.08. The highest BCUT2D eigenvalue weighted by atomic mass is 16.5. The molecule has 2 aromatic heterocycles. The molecule has 2 aliphatic rings. The van der Waals surface area contributed by atoms with E-state index in [0.29, 0.717) is 42.8 Å². The van der Waals surface area contributed by atoms with Crippen LogP contribution in [0, 0.1) is 0 Å². The van der Waals surface area contributed by atoms with Gasteiger partial charge >= 0.3 is 0 Å². The molecule has 150 valence electrons. The van der Waals surface area contributed by atoms with E-state index in [-0.39, 0.29) is 23.6 Å². The van der Waals surface area contributed by atoms with Gasteiger partial charge < -0.3 is 14.2 Å². The molecule has 1 amide bonds. The Kier molecular flexibility index (Phi) is 4.34. The molecule has 2 atom stereocenters. The monoisotopic (exact) mass is 394 g/mol. The van der Waals surface area contributed by atoms with Crippen LogP contribution < -0.4 is 10.3 Å². The second-order valence-electron chi connectivity index (χ2n) is 7.69. The van der Waals surface area contributed by atoms with Crippen molar-refractivity contribution in [3.63, 3.8) is 0 Å². The molecule has 2 bridgehead atoms. The summed E-state index contributed by atoms with van der Waals surface area (Å²) in [6, 6.07) is 9.25. The molecule has 0 saturated carbocycles. The van der Waals surface area contributed by atoms with Crippen molar-refractivity contribution < 1.29 is 14.1 Å². The summed E-state index contributed by atoms with van der Waals surface area (Å²) < 4.78 is 12.0. The van der Waals surface area contributed by atoms with Gasteiger partial charge in [0, 0.05) is 37.9 Å². The lowest BCUT2D eigenvalue weighted by Crippen LogP contribution is -2.42. The Balaban J connectivity index is 1.39. The van der Waals surface area contributed by atoms with Gasteiger partial charge in [-0.15, -0.1) is 0 Å². The van der Waals surface area contributed by atoms with Crippen LogP contribution in [0.3, 0.4) is 0 Å². The van der Waals surface area contributed by atoms with Crippen molar-refractivity contribution in [1.29, 1.82) is 0 Å². The number of nitrogens with zero attached hydrogens (tertiary/aromatic N) is 4.